The van der Waals surface area contributed by atoms with Gasteiger partial charge in [-0.15, -0.1) is 0 Å². The number of carbonyl (C=O) groups is 1. The van der Waals surface area contributed by atoms with Gasteiger partial charge in [-0.3, -0.25) is 25.0 Å². The number of nitrogen functional groups attached to an aromatic ring is 1. The molecule has 6 rings (SSSR count). The van der Waals surface area contributed by atoms with Gasteiger partial charge in [0, 0.05) is 18.1 Å². The smallest absolute Gasteiger partial charge is 0.296 e. The van der Waals surface area contributed by atoms with Gasteiger partial charge in [0.2, 0.25) is 5.91 Å². The van der Waals surface area contributed by atoms with E-state index in [0.717, 1.165) is 97.6 Å². The van der Waals surface area contributed by atoms with E-state index >= 15 is 0 Å². The molecule has 184 valence electrons. The van der Waals surface area contributed by atoms with Crippen LogP contribution >= 0.6 is 0 Å². The highest BCUT2D eigenvalue weighted by Crippen LogP contribution is 2.50. The molecule has 0 saturated heterocycles. The van der Waals surface area contributed by atoms with E-state index in [2.05, 4.69) is 17.4 Å². The number of nitro groups is 2. The van der Waals surface area contributed by atoms with Crippen LogP contribution in [0.3, 0.4) is 0 Å². The van der Waals surface area contributed by atoms with Crippen molar-refractivity contribution >= 4 is 28.7 Å². The van der Waals surface area contributed by atoms with Crippen LogP contribution in [0.1, 0.15) is 90.7 Å². The molecule has 2 saturated carbocycles. The first-order valence-corrected chi connectivity index (χ1v) is 12.4. The van der Waals surface area contributed by atoms with Crippen LogP contribution in [0, 0.1) is 20.2 Å². The summed E-state index contributed by atoms with van der Waals surface area (Å²) in [5.41, 5.74) is 13.1. The number of nitrogens with zero attached hydrogens (tertiary/aromatic N) is 2. The quantitative estimate of drug-likeness (QED) is 0.332. The lowest BCUT2D eigenvalue weighted by Gasteiger charge is -2.13. The topological polar surface area (TPSA) is 141 Å². The maximum absolute atomic E-state index is 11.4. The maximum atomic E-state index is 11.4. The predicted molar refractivity (Wildman–Crippen MR) is 133 cm³/mol. The maximum Gasteiger partial charge on any atom is 0.296 e. The zero-order valence-electron chi connectivity index (χ0n) is 19.9. The lowest BCUT2D eigenvalue weighted by Crippen LogP contribution is -2.12. The molecule has 0 aromatic heterocycles. The Balaban J connectivity index is 0.000000147. The highest BCUT2D eigenvalue weighted by atomic mass is 16.6. The number of hydrogen-bond acceptors (Lipinski definition) is 6. The third kappa shape index (κ3) is 4.47. The second-order valence-electron chi connectivity index (χ2n) is 10.1. The van der Waals surface area contributed by atoms with Crippen molar-refractivity contribution in [3.05, 3.63) is 65.7 Å². The van der Waals surface area contributed by atoms with Crippen LogP contribution in [0.4, 0.5) is 22.7 Å². The van der Waals surface area contributed by atoms with E-state index in [-0.39, 0.29) is 27.1 Å². The van der Waals surface area contributed by atoms with E-state index in [0.29, 0.717) is 23.2 Å². The number of rotatable bonds is 5. The summed E-state index contributed by atoms with van der Waals surface area (Å²) in [6.07, 6.45) is 9.77. The molecule has 2 aromatic rings. The van der Waals surface area contributed by atoms with Crippen molar-refractivity contribution in [3.63, 3.8) is 0 Å². The molecule has 2 fully saturated rings. The van der Waals surface area contributed by atoms with Crippen molar-refractivity contribution in [2.24, 2.45) is 0 Å². The first-order valence-electron chi connectivity index (χ1n) is 12.4. The van der Waals surface area contributed by atoms with Crippen LogP contribution in [0.25, 0.3) is 0 Å². The summed E-state index contributed by atoms with van der Waals surface area (Å²) >= 11 is 0. The molecular formula is C26H30N4O5. The van der Waals surface area contributed by atoms with Crippen molar-refractivity contribution in [3.8, 4) is 0 Å². The third-order valence-electron chi connectivity index (χ3n) is 7.54. The molecule has 2 aromatic carbocycles. The van der Waals surface area contributed by atoms with Gasteiger partial charge in [0.25, 0.3) is 11.4 Å². The number of nitrogens with one attached hydrogen (secondary N) is 1. The first-order chi connectivity index (χ1) is 16.8. The van der Waals surface area contributed by atoms with E-state index in [1.165, 1.54) is 6.92 Å². The van der Waals surface area contributed by atoms with Gasteiger partial charge in [0.05, 0.1) is 9.85 Å². The van der Waals surface area contributed by atoms with Crippen molar-refractivity contribution in [1.29, 1.82) is 0 Å². The lowest BCUT2D eigenvalue weighted by molar-refractivity contribution is -0.384. The Bertz CT molecular complexity index is 1250. The van der Waals surface area contributed by atoms with Crippen LogP contribution in [-0.4, -0.2) is 15.8 Å². The van der Waals surface area contributed by atoms with E-state index in [9.17, 15) is 25.0 Å². The van der Waals surface area contributed by atoms with Gasteiger partial charge in [0.1, 0.15) is 11.4 Å². The largest absolute Gasteiger partial charge is 0.393 e. The van der Waals surface area contributed by atoms with E-state index < -0.39 is 0 Å². The molecule has 9 nitrogen and oxygen atoms in total. The molecule has 9 heteroatoms. The van der Waals surface area contributed by atoms with Gasteiger partial charge in [-0.25, -0.2) is 0 Å². The van der Waals surface area contributed by atoms with Crippen LogP contribution in [0.15, 0.2) is 12.1 Å². The Morgan fingerprint density at radius 1 is 0.857 bits per heavy atom. The lowest BCUT2D eigenvalue weighted by atomic mass is 9.98. The van der Waals surface area contributed by atoms with Crippen LogP contribution < -0.4 is 11.1 Å². The number of carbonyl (C=O) groups excluding carboxylic acids is 1. The van der Waals surface area contributed by atoms with Crippen molar-refractivity contribution in [2.75, 3.05) is 11.1 Å². The molecule has 0 radical (unpaired) electrons. The summed E-state index contributed by atoms with van der Waals surface area (Å²) in [7, 11) is 0. The zero-order chi connectivity index (χ0) is 24.9. The number of aryl methyl sites for hydroxylation is 2. The minimum Gasteiger partial charge on any atom is -0.393 e. The second-order valence-corrected chi connectivity index (χ2v) is 10.1. The van der Waals surface area contributed by atoms with E-state index in [1.54, 1.807) is 0 Å². The van der Waals surface area contributed by atoms with Crippen molar-refractivity contribution in [2.45, 2.75) is 83.0 Å². The minimum atomic E-state index is -0.332. The van der Waals surface area contributed by atoms with E-state index in [1.807, 2.05) is 0 Å². The summed E-state index contributed by atoms with van der Waals surface area (Å²) in [5, 5.41) is 25.2. The Kier molecular flexibility index (Phi) is 5.94. The molecule has 0 atom stereocenters. The average Bonchev–Trinajstić information content (AvgIpc) is 3.72. The number of hydrogen-bond donors (Lipinski definition) is 2. The first kappa shape index (κ1) is 23.3. The number of nitrogens with two attached hydrogens (primary N) is 1. The van der Waals surface area contributed by atoms with Crippen LogP contribution in [0.5, 0.6) is 0 Å². The van der Waals surface area contributed by atoms with E-state index in [4.69, 9.17) is 5.73 Å². The number of amides is 1. The van der Waals surface area contributed by atoms with Gasteiger partial charge in [-0.2, -0.15) is 0 Å². The van der Waals surface area contributed by atoms with Crippen molar-refractivity contribution < 1.29 is 14.6 Å². The Labute approximate surface area is 203 Å². The number of fused-ring (bicyclic) bond motifs is 2. The molecule has 3 N–H and O–H groups in total. The Hall–Kier alpha value is -3.49. The van der Waals surface area contributed by atoms with Crippen molar-refractivity contribution in [1.82, 2.24) is 0 Å². The molecule has 0 aliphatic heterocycles. The van der Waals surface area contributed by atoms with Gasteiger partial charge in [-0.1, -0.05) is 12.1 Å². The number of benzene rings is 2. The second kappa shape index (κ2) is 8.94. The van der Waals surface area contributed by atoms with Gasteiger partial charge >= 0.3 is 0 Å². The average molecular weight is 479 g/mol. The van der Waals surface area contributed by atoms with Gasteiger partial charge in [0.15, 0.2) is 0 Å². The summed E-state index contributed by atoms with van der Waals surface area (Å²) < 4.78 is 0. The summed E-state index contributed by atoms with van der Waals surface area (Å²) in [4.78, 5) is 33.2. The predicted octanol–water partition coefficient (Wildman–Crippen LogP) is 5.46. The summed E-state index contributed by atoms with van der Waals surface area (Å²) in [5.74, 6) is 0.610. The fourth-order valence-corrected chi connectivity index (χ4v) is 5.67. The fourth-order valence-electron chi connectivity index (χ4n) is 5.67. The number of nitro benzene ring substituents is 2. The molecule has 0 spiro atoms. The molecule has 0 bridgehead atoms. The zero-order valence-corrected chi connectivity index (χ0v) is 19.9. The molecular weight excluding hydrogens is 448 g/mol. The Morgan fingerprint density at radius 3 is 1.83 bits per heavy atom. The third-order valence-corrected chi connectivity index (χ3v) is 7.54. The standard InChI is InChI=1S/C14H16N2O3.C12H14N2O2/c1-8(17)15-13-12(9-5-6-9)7-10-3-2-4-11(10)14(13)16(18)19;13-11-10(7-4-5-7)6-8-2-1-3-9(8)12(11)14(15)16/h7,9H,2-6H2,1H3,(H,15,17);6-7H,1-5,13H2. The molecule has 4 aliphatic carbocycles. The number of anilines is 2. The Morgan fingerprint density at radius 2 is 1.34 bits per heavy atom. The van der Waals surface area contributed by atoms with Gasteiger partial charge < -0.3 is 11.1 Å². The summed E-state index contributed by atoms with van der Waals surface area (Å²) in [6.45, 7) is 1.40. The highest BCUT2D eigenvalue weighted by Gasteiger charge is 2.36. The normalized spacial score (nSPS) is 17.7. The molecule has 1 amide bonds. The molecule has 0 heterocycles. The van der Waals surface area contributed by atoms with Crippen LogP contribution in [-0.2, 0) is 30.5 Å². The summed E-state index contributed by atoms with van der Waals surface area (Å²) in [6, 6.07) is 4.20. The highest BCUT2D eigenvalue weighted by molar-refractivity contribution is 5.93. The fraction of sp³-hybridized carbons (Fsp3) is 0.500. The molecule has 4 aliphatic rings. The monoisotopic (exact) mass is 478 g/mol. The minimum absolute atomic E-state index is 0.132. The SMILES string of the molecule is CC(=O)Nc1c(C2CC2)cc2c(c1[N+](=O)[O-])CCC2.Nc1c(C2CC2)cc2c(c1[N+](=O)[O-])CCC2. The molecule has 0 unspecified atom stereocenters. The van der Waals surface area contributed by atoms with Crippen LogP contribution in [0.2, 0.25) is 0 Å². The van der Waals surface area contributed by atoms with Gasteiger partial charge in [-0.05, 0) is 98.3 Å². The molecule has 35 heavy (non-hydrogen) atoms.